The molecule has 0 bridgehead atoms. The van der Waals surface area contributed by atoms with Crippen molar-refractivity contribution < 1.29 is 5.21 Å². The Bertz CT molecular complexity index is 448. The van der Waals surface area contributed by atoms with Gasteiger partial charge in [0.2, 0.25) is 5.28 Å². The molecule has 0 saturated heterocycles. The molecule has 0 aliphatic heterocycles. The normalized spacial score (nSPS) is 10.4. The van der Waals surface area contributed by atoms with E-state index in [-0.39, 0.29) is 5.28 Å². The predicted octanol–water partition coefficient (Wildman–Crippen LogP) is 2.75. The van der Waals surface area contributed by atoms with Gasteiger partial charge in [0.15, 0.2) is 0 Å². The van der Waals surface area contributed by atoms with Gasteiger partial charge in [-0.15, -0.1) is 0 Å². The van der Waals surface area contributed by atoms with Gasteiger partial charge in [-0.2, -0.15) is 4.73 Å². The van der Waals surface area contributed by atoms with Crippen LogP contribution in [0.5, 0.6) is 0 Å². The van der Waals surface area contributed by atoms with Crippen molar-refractivity contribution in [1.82, 2.24) is 9.71 Å². The van der Waals surface area contributed by atoms with Crippen LogP contribution in [0, 0.1) is 6.92 Å². The summed E-state index contributed by atoms with van der Waals surface area (Å²) < 4.78 is 0.867. The number of aryl methyl sites for hydroxylation is 1. The summed E-state index contributed by atoms with van der Waals surface area (Å²) in [5.74, 6) is 0. The molecule has 0 aliphatic carbocycles. The zero-order valence-electron chi connectivity index (χ0n) is 7.61. The molecule has 14 heavy (non-hydrogen) atoms. The van der Waals surface area contributed by atoms with Gasteiger partial charge in [-0.3, -0.25) is 0 Å². The molecule has 1 heterocycles. The Morgan fingerprint density at radius 1 is 1.29 bits per heavy atom. The molecule has 4 heteroatoms. The van der Waals surface area contributed by atoms with E-state index < -0.39 is 0 Å². The molecule has 0 radical (unpaired) electrons. The lowest BCUT2D eigenvalue weighted by atomic mass is 10.1. The van der Waals surface area contributed by atoms with Crippen LogP contribution in [-0.4, -0.2) is 14.9 Å². The van der Waals surface area contributed by atoms with Crippen molar-refractivity contribution in [3.8, 4) is 11.3 Å². The molecule has 0 fully saturated rings. The zero-order valence-corrected chi connectivity index (χ0v) is 8.36. The van der Waals surface area contributed by atoms with E-state index in [2.05, 4.69) is 4.98 Å². The fraction of sp³-hybridized carbons (Fsp3) is 0.100. The first-order chi connectivity index (χ1) is 6.68. The lowest BCUT2D eigenvalue weighted by Gasteiger charge is -2.01. The van der Waals surface area contributed by atoms with E-state index >= 15 is 0 Å². The number of rotatable bonds is 1. The lowest BCUT2D eigenvalue weighted by molar-refractivity contribution is 0.191. The molecule has 1 aromatic heterocycles. The molecule has 0 unspecified atom stereocenters. The number of imidazole rings is 1. The molecule has 0 aliphatic rings. The van der Waals surface area contributed by atoms with Crippen LogP contribution in [0.3, 0.4) is 0 Å². The summed E-state index contributed by atoms with van der Waals surface area (Å²) in [6.45, 7) is 2.01. The second-order valence-corrected chi connectivity index (χ2v) is 3.43. The summed E-state index contributed by atoms with van der Waals surface area (Å²) in [6.07, 6.45) is 1.53. The van der Waals surface area contributed by atoms with Crippen LogP contribution in [0.1, 0.15) is 5.56 Å². The van der Waals surface area contributed by atoms with Crippen LogP contribution in [0.4, 0.5) is 0 Å². The monoisotopic (exact) mass is 208 g/mol. The van der Waals surface area contributed by atoms with E-state index in [1.165, 1.54) is 11.8 Å². The van der Waals surface area contributed by atoms with Gasteiger partial charge in [0, 0.05) is 5.56 Å². The summed E-state index contributed by atoms with van der Waals surface area (Å²) in [6, 6.07) is 7.76. The first-order valence-corrected chi connectivity index (χ1v) is 4.56. The molecule has 0 amide bonds. The van der Waals surface area contributed by atoms with Crippen molar-refractivity contribution >= 4 is 11.6 Å². The zero-order chi connectivity index (χ0) is 10.1. The minimum Gasteiger partial charge on any atom is -0.425 e. The Balaban J connectivity index is 2.49. The minimum absolute atomic E-state index is 0.0700. The molecule has 2 aromatic rings. The average molecular weight is 209 g/mol. The van der Waals surface area contributed by atoms with E-state index in [0.29, 0.717) is 5.69 Å². The maximum Gasteiger partial charge on any atom is 0.237 e. The summed E-state index contributed by atoms with van der Waals surface area (Å²) in [5.41, 5.74) is 2.65. The molecule has 2 rings (SSSR count). The van der Waals surface area contributed by atoms with Gasteiger partial charge in [-0.05, 0) is 18.5 Å². The van der Waals surface area contributed by atoms with Gasteiger partial charge in [-0.1, -0.05) is 29.8 Å². The van der Waals surface area contributed by atoms with Crippen molar-refractivity contribution in [1.29, 1.82) is 0 Å². The van der Waals surface area contributed by atoms with Gasteiger partial charge >= 0.3 is 0 Å². The third-order valence-electron chi connectivity index (χ3n) is 2.04. The fourth-order valence-electron chi connectivity index (χ4n) is 1.24. The number of nitrogens with zero attached hydrogens (tertiary/aromatic N) is 2. The standard InChI is InChI=1S/C10H9ClN2O/c1-7-2-4-8(5-3-7)9-6-12-10(11)13(9)14/h2-6,14H,1H3. The topological polar surface area (TPSA) is 38.0 Å². The quantitative estimate of drug-likeness (QED) is 0.732. The van der Waals surface area contributed by atoms with E-state index in [9.17, 15) is 5.21 Å². The lowest BCUT2D eigenvalue weighted by Crippen LogP contribution is -1.92. The van der Waals surface area contributed by atoms with Crippen LogP contribution in [0.15, 0.2) is 30.5 Å². The van der Waals surface area contributed by atoms with E-state index in [0.717, 1.165) is 10.3 Å². The molecule has 72 valence electrons. The molecule has 1 N–H and O–H groups in total. The molecular weight excluding hydrogens is 200 g/mol. The Kier molecular flexibility index (Phi) is 2.17. The highest BCUT2D eigenvalue weighted by Gasteiger charge is 2.07. The maximum absolute atomic E-state index is 9.48. The second-order valence-electron chi connectivity index (χ2n) is 3.09. The van der Waals surface area contributed by atoms with Gasteiger partial charge < -0.3 is 5.21 Å². The van der Waals surface area contributed by atoms with Crippen LogP contribution in [0.25, 0.3) is 11.3 Å². The smallest absolute Gasteiger partial charge is 0.237 e. The number of halogens is 1. The van der Waals surface area contributed by atoms with E-state index in [1.54, 1.807) is 0 Å². The van der Waals surface area contributed by atoms with Gasteiger partial charge in [0.25, 0.3) is 0 Å². The SMILES string of the molecule is Cc1ccc(-c2cnc(Cl)n2O)cc1. The van der Waals surface area contributed by atoms with E-state index in [4.69, 9.17) is 11.6 Å². The summed E-state index contributed by atoms with van der Waals surface area (Å²) in [5, 5.41) is 9.55. The Morgan fingerprint density at radius 3 is 2.43 bits per heavy atom. The molecule has 3 nitrogen and oxygen atoms in total. The molecule has 0 spiro atoms. The van der Waals surface area contributed by atoms with Crippen molar-refractivity contribution in [3.05, 3.63) is 41.3 Å². The van der Waals surface area contributed by atoms with E-state index in [1.807, 2.05) is 31.2 Å². The van der Waals surface area contributed by atoms with Crippen molar-refractivity contribution in [2.75, 3.05) is 0 Å². The van der Waals surface area contributed by atoms with Gasteiger partial charge in [-0.25, -0.2) is 4.98 Å². The minimum atomic E-state index is 0.0700. The number of benzene rings is 1. The summed E-state index contributed by atoms with van der Waals surface area (Å²) in [7, 11) is 0. The molecule has 0 saturated carbocycles. The number of aromatic nitrogens is 2. The highest BCUT2D eigenvalue weighted by Crippen LogP contribution is 2.21. The first kappa shape index (κ1) is 9.09. The fourth-order valence-corrected chi connectivity index (χ4v) is 1.38. The average Bonchev–Trinajstić information content (AvgIpc) is 2.50. The van der Waals surface area contributed by atoms with Crippen molar-refractivity contribution in [2.45, 2.75) is 6.92 Å². The number of hydrogen-bond donors (Lipinski definition) is 1. The highest BCUT2D eigenvalue weighted by atomic mass is 35.5. The first-order valence-electron chi connectivity index (χ1n) is 4.18. The summed E-state index contributed by atoms with van der Waals surface area (Å²) in [4.78, 5) is 3.79. The summed E-state index contributed by atoms with van der Waals surface area (Å²) >= 11 is 5.61. The van der Waals surface area contributed by atoms with Crippen LogP contribution < -0.4 is 0 Å². The third-order valence-corrected chi connectivity index (χ3v) is 2.30. The van der Waals surface area contributed by atoms with Crippen molar-refractivity contribution in [3.63, 3.8) is 0 Å². The maximum atomic E-state index is 9.48. The third kappa shape index (κ3) is 1.46. The molecular formula is C10H9ClN2O. The number of hydrogen-bond acceptors (Lipinski definition) is 2. The largest absolute Gasteiger partial charge is 0.425 e. The van der Waals surface area contributed by atoms with Crippen molar-refractivity contribution in [2.24, 2.45) is 0 Å². The highest BCUT2D eigenvalue weighted by molar-refractivity contribution is 6.28. The van der Waals surface area contributed by atoms with Crippen LogP contribution >= 0.6 is 11.6 Å². The molecule has 1 aromatic carbocycles. The Hall–Kier alpha value is -1.48. The Labute approximate surface area is 86.5 Å². The van der Waals surface area contributed by atoms with Gasteiger partial charge in [0.05, 0.1) is 6.20 Å². The van der Waals surface area contributed by atoms with Crippen LogP contribution in [0.2, 0.25) is 5.28 Å². The van der Waals surface area contributed by atoms with Crippen LogP contribution in [-0.2, 0) is 0 Å². The second kappa shape index (κ2) is 3.35. The molecule has 0 atom stereocenters. The Morgan fingerprint density at radius 2 is 1.93 bits per heavy atom. The predicted molar refractivity (Wildman–Crippen MR) is 54.6 cm³/mol. The van der Waals surface area contributed by atoms with Gasteiger partial charge in [0.1, 0.15) is 5.69 Å².